The molecule has 0 atom stereocenters. The van der Waals surface area contributed by atoms with Crippen molar-refractivity contribution >= 4 is 11.4 Å². The number of halogens is 6. The summed E-state index contributed by atoms with van der Waals surface area (Å²) in [7, 11) is 0. The molecule has 2 aromatic carbocycles. The molecule has 0 saturated carbocycles. The fourth-order valence-corrected chi connectivity index (χ4v) is 2.07. The van der Waals surface area contributed by atoms with Crippen molar-refractivity contribution in [2.24, 2.45) is 0 Å². The lowest BCUT2D eigenvalue weighted by Gasteiger charge is -2.20. The minimum absolute atomic E-state index is 0.223. The van der Waals surface area contributed by atoms with Crippen molar-refractivity contribution in [3.05, 3.63) is 47.5 Å². The van der Waals surface area contributed by atoms with Gasteiger partial charge in [0, 0.05) is 16.9 Å². The highest BCUT2D eigenvalue weighted by molar-refractivity contribution is 5.76. The van der Waals surface area contributed by atoms with E-state index >= 15 is 0 Å². The Hall–Kier alpha value is -2.38. The molecule has 4 N–H and O–H groups in total. The maximum Gasteiger partial charge on any atom is 0.417 e. The van der Waals surface area contributed by atoms with Crippen molar-refractivity contribution in [2.75, 3.05) is 11.5 Å². The van der Waals surface area contributed by atoms with Gasteiger partial charge in [-0.3, -0.25) is 0 Å². The molecule has 0 unspecified atom stereocenters. The first-order chi connectivity index (χ1) is 10.00. The molecule has 0 aromatic heterocycles. The average molecular weight is 320 g/mol. The third kappa shape index (κ3) is 3.10. The quantitative estimate of drug-likeness (QED) is 0.598. The topological polar surface area (TPSA) is 52.0 Å². The first kappa shape index (κ1) is 16.0. The lowest BCUT2D eigenvalue weighted by molar-refractivity contribution is -0.141. The molecule has 0 spiro atoms. The zero-order valence-corrected chi connectivity index (χ0v) is 10.9. The average Bonchev–Trinajstić information content (AvgIpc) is 2.37. The summed E-state index contributed by atoms with van der Waals surface area (Å²) in [5, 5.41) is 0. The van der Waals surface area contributed by atoms with Gasteiger partial charge in [-0.2, -0.15) is 26.3 Å². The summed E-state index contributed by atoms with van der Waals surface area (Å²) in [4.78, 5) is 0. The number of nitrogen functional groups attached to an aromatic ring is 2. The van der Waals surface area contributed by atoms with Gasteiger partial charge in [-0.25, -0.2) is 0 Å². The second kappa shape index (κ2) is 5.11. The molecule has 0 aliphatic rings. The van der Waals surface area contributed by atoms with Gasteiger partial charge in [0.05, 0.1) is 11.1 Å². The van der Waals surface area contributed by atoms with Crippen LogP contribution in [-0.2, 0) is 12.4 Å². The van der Waals surface area contributed by atoms with Crippen LogP contribution in [-0.4, -0.2) is 0 Å². The normalized spacial score (nSPS) is 12.5. The van der Waals surface area contributed by atoms with Gasteiger partial charge in [-0.1, -0.05) is 12.1 Å². The highest BCUT2D eigenvalue weighted by atomic mass is 19.4. The number of nitrogens with two attached hydrogens (primary N) is 2. The predicted molar refractivity (Wildman–Crippen MR) is 70.7 cm³/mol. The number of anilines is 2. The Labute approximate surface area is 121 Å². The minimum Gasteiger partial charge on any atom is -0.399 e. The summed E-state index contributed by atoms with van der Waals surface area (Å²) in [6.45, 7) is 0. The van der Waals surface area contributed by atoms with E-state index in [2.05, 4.69) is 0 Å². The Morgan fingerprint density at radius 2 is 1.05 bits per heavy atom. The van der Waals surface area contributed by atoms with Crippen LogP contribution in [0.2, 0.25) is 0 Å². The van der Waals surface area contributed by atoms with Gasteiger partial charge < -0.3 is 11.5 Å². The third-order valence-electron chi connectivity index (χ3n) is 2.97. The van der Waals surface area contributed by atoms with Gasteiger partial charge >= 0.3 is 12.4 Å². The lowest BCUT2D eigenvalue weighted by Crippen LogP contribution is -2.15. The number of hydrogen-bond donors (Lipinski definition) is 2. The van der Waals surface area contributed by atoms with Gasteiger partial charge in [0.1, 0.15) is 0 Å². The molecule has 0 aliphatic carbocycles. The molecule has 0 bridgehead atoms. The van der Waals surface area contributed by atoms with Crippen LogP contribution >= 0.6 is 0 Å². The number of benzene rings is 2. The SMILES string of the molecule is Nc1ccc(-c2c(C(F)(F)F)cc(N)cc2C(F)(F)F)cc1. The Morgan fingerprint density at radius 3 is 1.41 bits per heavy atom. The van der Waals surface area contributed by atoms with E-state index in [-0.39, 0.29) is 11.3 Å². The fraction of sp³-hybridized carbons (Fsp3) is 0.143. The van der Waals surface area contributed by atoms with Crippen molar-refractivity contribution in [3.63, 3.8) is 0 Å². The van der Waals surface area contributed by atoms with E-state index in [4.69, 9.17) is 11.5 Å². The van der Waals surface area contributed by atoms with E-state index < -0.39 is 34.7 Å². The largest absolute Gasteiger partial charge is 0.417 e. The number of alkyl halides is 6. The zero-order valence-electron chi connectivity index (χ0n) is 10.9. The Kier molecular flexibility index (Phi) is 3.72. The standard InChI is InChI=1S/C14H10F6N2/c15-13(16,17)10-5-9(22)6-11(14(18,19)20)12(10)7-1-3-8(21)4-2-7/h1-6H,21-22H2. The molecule has 2 nitrogen and oxygen atoms in total. The van der Waals surface area contributed by atoms with Gasteiger partial charge in [0.2, 0.25) is 0 Å². The molecule has 0 fully saturated rings. The van der Waals surface area contributed by atoms with E-state index in [0.29, 0.717) is 12.1 Å². The van der Waals surface area contributed by atoms with Crippen LogP contribution in [0.25, 0.3) is 11.1 Å². The van der Waals surface area contributed by atoms with Crippen molar-refractivity contribution in [3.8, 4) is 11.1 Å². The van der Waals surface area contributed by atoms with E-state index in [1.807, 2.05) is 0 Å². The molecule has 118 valence electrons. The van der Waals surface area contributed by atoms with Gasteiger partial charge in [0.25, 0.3) is 0 Å². The first-order valence-corrected chi connectivity index (χ1v) is 5.94. The molecule has 0 amide bonds. The second-order valence-corrected chi connectivity index (χ2v) is 4.61. The van der Waals surface area contributed by atoms with Crippen molar-refractivity contribution in [1.29, 1.82) is 0 Å². The molecule has 0 aliphatic heterocycles. The van der Waals surface area contributed by atoms with E-state index in [0.717, 1.165) is 12.1 Å². The number of hydrogen-bond acceptors (Lipinski definition) is 2. The maximum absolute atomic E-state index is 13.1. The zero-order chi connectivity index (χ0) is 16.7. The van der Waals surface area contributed by atoms with Crippen LogP contribution in [0.5, 0.6) is 0 Å². The van der Waals surface area contributed by atoms with E-state index in [1.54, 1.807) is 0 Å². The Morgan fingerprint density at radius 1 is 0.636 bits per heavy atom. The maximum atomic E-state index is 13.1. The number of rotatable bonds is 1. The van der Waals surface area contributed by atoms with Crippen LogP contribution < -0.4 is 11.5 Å². The summed E-state index contributed by atoms with van der Waals surface area (Å²) in [6.07, 6.45) is -9.96. The van der Waals surface area contributed by atoms with Gasteiger partial charge in [-0.05, 0) is 29.8 Å². The van der Waals surface area contributed by atoms with Crippen molar-refractivity contribution in [1.82, 2.24) is 0 Å². The summed E-state index contributed by atoms with van der Waals surface area (Å²) in [6, 6.07) is 5.64. The molecule has 0 heterocycles. The Balaban J connectivity index is 2.86. The molecular weight excluding hydrogens is 310 g/mol. The van der Waals surface area contributed by atoms with Crippen LogP contribution in [0, 0.1) is 0 Å². The molecule has 8 heteroatoms. The predicted octanol–water partition coefficient (Wildman–Crippen LogP) is 4.56. The van der Waals surface area contributed by atoms with Crippen LogP contribution in [0.1, 0.15) is 11.1 Å². The highest BCUT2D eigenvalue weighted by Gasteiger charge is 2.41. The molecule has 2 aromatic rings. The van der Waals surface area contributed by atoms with E-state index in [9.17, 15) is 26.3 Å². The lowest BCUT2D eigenvalue weighted by atomic mass is 9.92. The molecule has 22 heavy (non-hydrogen) atoms. The summed E-state index contributed by atoms with van der Waals surface area (Å²) in [5.74, 6) is 0. The molecule has 0 radical (unpaired) electrons. The minimum atomic E-state index is -4.98. The monoisotopic (exact) mass is 320 g/mol. The third-order valence-corrected chi connectivity index (χ3v) is 2.97. The summed E-state index contributed by atoms with van der Waals surface area (Å²) < 4.78 is 78.7. The first-order valence-electron chi connectivity index (χ1n) is 5.94. The van der Waals surface area contributed by atoms with Gasteiger partial charge in [-0.15, -0.1) is 0 Å². The molecule has 2 rings (SSSR count). The molecular formula is C14H10F6N2. The van der Waals surface area contributed by atoms with Crippen molar-refractivity contribution < 1.29 is 26.3 Å². The summed E-state index contributed by atoms with van der Waals surface area (Å²) >= 11 is 0. The summed E-state index contributed by atoms with van der Waals surface area (Å²) in [5.41, 5.74) is 6.14. The van der Waals surface area contributed by atoms with Crippen molar-refractivity contribution in [2.45, 2.75) is 12.4 Å². The fourth-order valence-electron chi connectivity index (χ4n) is 2.07. The molecule has 0 saturated heterocycles. The second-order valence-electron chi connectivity index (χ2n) is 4.61. The highest BCUT2D eigenvalue weighted by Crippen LogP contribution is 2.45. The van der Waals surface area contributed by atoms with E-state index in [1.165, 1.54) is 12.1 Å². The van der Waals surface area contributed by atoms with Crippen LogP contribution in [0.4, 0.5) is 37.7 Å². The van der Waals surface area contributed by atoms with Crippen LogP contribution in [0.3, 0.4) is 0 Å². The Bertz CT molecular complexity index is 651. The van der Waals surface area contributed by atoms with Crippen LogP contribution in [0.15, 0.2) is 36.4 Å². The van der Waals surface area contributed by atoms with Gasteiger partial charge in [0.15, 0.2) is 0 Å². The smallest absolute Gasteiger partial charge is 0.399 e.